The molecule has 0 radical (unpaired) electrons. The molecule has 6 rings (SSSR count). The zero-order valence-electron chi connectivity index (χ0n) is 35.2. The van der Waals surface area contributed by atoms with Gasteiger partial charge in [0.25, 0.3) is 0 Å². The predicted molar refractivity (Wildman–Crippen MR) is 226 cm³/mol. The Hall–Kier alpha value is -4.02. The number of amides is 1. The summed E-state index contributed by atoms with van der Waals surface area (Å²) in [5, 5.41) is 33.9. The van der Waals surface area contributed by atoms with Gasteiger partial charge in [-0.15, -0.1) is 6.58 Å². The molecule has 14 heteroatoms. The smallest absolute Gasteiger partial charge is 0.410 e. The molecule has 2 aliphatic carbocycles. The minimum Gasteiger partial charge on any atom is -0.492 e. The minimum atomic E-state index is -1.45. The van der Waals surface area contributed by atoms with Gasteiger partial charge in [-0.2, -0.15) is 0 Å². The first-order valence-electron chi connectivity index (χ1n) is 21.7. The number of nitrogens with zero attached hydrogens (tertiary/aromatic N) is 3. The van der Waals surface area contributed by atoms with Crippen LogP contribution in [0.4, 0.5) is 4.79 Å². The number of rotatable bonds is 27. The van der Waals surface area contributed by atoms with Crippen LogP contribution in [0.1, 0.15) is 62.0 Å². The standard InChI is InChI=1S/C46H65N3O11/c1-3-24-59-46-42(49(20-25-55-27-23-52)45(53)58-29-28-56-33-34-11-5-4-6-12-34)32-40(47-54-2)38-30-35(13-7-9-21-50)37(14-8-10-22-51)43(44(38)46)39-31-36(15-16-41(39)60-46)57-26-19-48-17-18-48/h3-6,11-12,15-16,30-31,35,37,42-44,50-52H,1,7-10,13-14,17-29,32-33H2,2H3/t35-,37+,42-,43+,44+,46+/m0/s1. The highest BCUT2D eigenvalue weighted by atomic mass is 16.7. The third-order valence-electron chi connectivity index (χ3n) is 11.9. The molecule has 2 aliphatic heterocycles. The number of allylic oxidation sites excluding steroid dienone is 1. The zero-order chi connectivity index (χ0) is 42.2. The largest absolute Gasteiger partial charge is 0.492 e. The van der Waals surface area contributed by atoms with E-state index in [1.807, 2.05) is 42.5 Å². The van der Waals surface area contributed by atoms with Gasteiger partial charge in [0.2, 0.25) is 5.79 Å². The van der Waals surface area contributed by atoms with E-state index >= 15 is 0 Å². The van der Waals surface area contributed by atoms with E-state index < -0.39 is 23.8 Å². The Morgan fingerprint density at radius 2 is 1.77 bits per heavy atom. The molecule has 1 amide bonds. The van der Waals surface area contributed by atoms with Crippen molar-refractivity contribution in [2.75, 3.05) is 92.8 Å². The van der Waals surface area contributed by atoms with E-state index in [0.717, 1.165) is 67.8 Å². The van der Waals surface area contributed by atoms with Crippen LogP contribution in [0.25, 0.3) is 0 Å². The van der Waals surface area contributed by atoms with Crippen LogP contribution in [-0.2, 0) is 30.4 Å². The molecule has 1 saturated carbocycles. The highest BCUT2D eigenvalue weighted by Crippen LogP contribution is 2.62. The summed E-state index contributed by atoms with van der Waals surface area (Å²) in [6.45, 7) is 8.68. The van der Waals surface area contributed by atoms with Gasteiger partial charge in [0.1, 0.15) is 37.9 Å². The van der Waals surface area contributed by atoms with Crippen LogP contribution in [0, 0.1) is 17.8 Å². The van der Waals surface area contributed by atoms with Gasteiger partial charge in [0.05, 0.1) is 51.3 Å². The Morgan fingerprint density at radius 3 is 2.50 bits per heavy atom. The third-order valence-corrected chi connectivity index (χ3v) is 11.9. The highest BCUT2D eigenvalue weighted by Gasteiger charge is 2.65. The molecule has 2 aromatic carbocycles. The van der Waals surface area contributed by atoms with Gasteiger partial charge >= 0.3 is 6.09 Å². The van der Waals surface area contributed by atoms with Gasteiger partial charge in [0.15, 0.2) is 0 Å². The fourth-order valence-corrected chi connectivity index (χ4v) is 9.17. The lowest BCUT2D eigenvalue weighted by atomic mass is 9.55. The van der Waals surface area contributed by atoms with Gasteiger partial charge in [-0.3, -0.25) is 9.80 Å². The molecule has 2 heterocycles. The lowest BCUT2D eigenvalue weighted by Crippen LogP contribution is -2.70. The molecule has 2 fully saturated rings. The van der Waals surface area contributed by atoms with Crippen molar-refractivity contribution in [2.45, 2.75) is 69.3 Å². The van der Waals surface area contributed by atoms with Gasteiger partial charge in [-0.25, -0.2) is 4.79 Å². The number of hydrogen-bond acceptors (Lipinski definition) is 13. The summed E-state index contributed by atoms with van der Waals surface area (Å²) in [5.41, 5.74) is 3.62. The molecular formula is C46H65N3O11. The molecule has 6 atom stereocenters. The predicted octanol–water partition coefficient (Wildman–Crippen LogP) is 5.31. The van der Waals surface area contributed by atoms with Crippen LogP contribution in [0.3, 0.4) is 0 Å². The van der Waals surface area contributed by atoms with Crippen LogP contribution in [0.15, 0.2) is 78.0 Å². The molecule has 3 N–H and O–H groups in total. The van der Waals surface area contributed by atoms with Crippen molar-refractivity contribution >= 4 is 11.8 Å². The molecular weight excluding hydrogens is 771 g/mol. The lowest BCUT2D eigenvalue weighted by Gasteiger charge is -2.59. The van der Waals surface area contributed by atoms with Crippen molar-refractivity contribution in [2.24, 2.45) is 22.9 Å². The summed E-state index contributed by atoms with van der Waals surface area (Å²) in [7, 11) is 1.52. The Balaban J connectivity index is 1.43. The average Bonchev–Trinajstić information content (AvgIpc) is 4.09. The summed E-state index contributed by atoms with van der Waals surface area (Å²) in [5.74, 6) is -0.546. The number of aliphatic hydroxyl groups is 3. The topological polar surface area (TPSA) is 161 Å². The summed E-state index contributed by atoms with van der Waals surface area (Å²) >= 11 is 0. The number of benzene rings is 2. The second-order valence-corrected chi connectivity index (χ2v) is 15.8. The molecule has 1 saturated heterocycles. The van der Waals surface area contributed by atoms with Crippen LogP contribution in [0.5, 0.6) is 11.5 Å². The molecule has 0 aromatic heterocycles. The summed E-state index contributed by atoms with van der Waals surface area (Å²) in [6.07, 6.45) is 8.26. The monoisotopic (exact) mass is 835 g/mol. The van der Waals surface area contributed by atoms with E-state index in [2.05, 4.69) is 28.8 Å². The summed E-state index contributed by atoms with van der Waals surface area (Å²) < 4.78 is 38.2. The van der Waals surface area contributed by atoms with Crippen molar-refractivity contribution in [1.29, 1.82) is 0 Å². The Bertz CT molecular complexity index is 1710. The van der Waals surface area contributed by atoms with Gasteiger partial charge in [0, 0.05) is 57.3 Å². The van der Waals surface area contributed by atoms with E-state index in [-0.39, 0.29) is 83.6 Å². The van der Waals surface area contributed by atoms with Gasteiger partial charge in [-0.05, 0) is 66.9 Å². The maximum absolute atomic E-state index is 14.5. The normalized spacial score (nSPS) is 24.8. The van der Waals surface area contributed by atoms with Crippen LogP contribution >= 0.6 is 0 Å². The molecule has 330 valence electrons. The zero-order valence-corrected chi connectivity index (χ0v) is 35.2. The Morgan fingerprint density at radius 1 is 0.967 bits per heavy atom. The molecule has 2 aromatic rings. The van der Waals surface area contributed by atoms with E-state index in [0.29, 0.717) is 37.5 Å². The molecule has 0 bridgehead atoms. The van der Waals surface area contributed by atoms with Crippen LogP contribution < -0.4 is 9.47 Å². The number of carbonyl (C=O) groups excluding carboxylic acids is 1. The average molecular weight is 836 g/mol. The fraction of sp³-hybridized carbons (Fsp3) is 0.609. The number of ether oxygens (including phenoxy) is 6. The van der Waals surface area contributed by atoms with E-state index in [4.69, 9.17) is 33.3 Å². The van der Waals surface area contributed by atoms with Gasteiger partial charge in [-0.1, -0.05) is 60.5 Å². The highest BCUT2D eigenvalue weighted by molar-refractivity contribution is 6.02. The van der Waals surface area contributed by atoms with E-state index in [9.17, 15) is 20.1 Å². The van der Waals surface area contributed by atoms with E-state index in [1.54, 1.807) is 11.0 Å². The quantitative estimate of drug-likeness (QED) is 0.0462. The number of aliphatic hydroxyl groups excluding tert-OH is 3. The molecule has 4 aliphatic rings. The molecule has 0 unspecified atom stereocenters. The van der Waals surface area contributed by atoms with Crippen molar-refractivity contribution in [3.63, 3.8) is 0 Å². The molecule has 0 spiro atoms. The molecule has 60 heavy (non-hydrogen) atoms. The SMILES string of the molecule is C=CCO[C@@]12Oc3ccc(OCCN4CC4)cc3[C@H]3[C@H](CCCCO)[C@@H](CCCCO)C=C(C(=NOC)C[C@@H]1N(CCOCCO)C(=O)OCCOCc1ccccc1)[C@H]32. The van der Waals surface area contributed by atoms with Crippen molar-refractivity contribution in [3.05, 3.63) is 84.0 Å². The summed E-state index contributed by atoms with van der Waals surface area (Å²) in [4.78, 5) is 24.0. The first-order valence-corrected chi connectivity index (χ1v) is 21.7. The van der Waals surface area contributed by atoms with Crippen LogP contribution in [-0.4, -0.2) is 142 Å². The number of hydrogen-bond donors (Lipinski definition) is 3. The second kappa shape index (κ2) is 23.3. The second-order valence-electron chi connectivity index (χ2n) is 15.8. The first-order chi connectivity index (χ1) is 29.5. The van der Waals surface area contributed by atoms with Crippen molar-refractivity contribution < 1.29 is 53.4 Å². The minimum absolute atomic E-state index is 0.00972. The third kappa shape index (κ3) is 11.5. The number of oxime groups is 1. The number of unbranched alkanes of at least 4 members (excludes halogenated alkanes) is 2. The number of fused-ring (bicyclic) bond motifs is 2. The lowest BCUT2D eigenvalue weighted by molar-refractivity contribution is -0.256. The maximum Gasteiger partial charge on any atom is 0.410 e. The van der Waals surface area contributed by atoms with Gasteiger partial charge < -0.3 is 48.6 Å². The fourth-order valence-electron chi connectivity index (χ4n) is 9.17. The number of carbonyl (C=O) groups is 1. The first kappa shape index (κ1) is 45.5. The van der Waals surface area contributed by atoms with E-state index in [1.165, 1.54) is 7.11 Å². The summed E-state index contributed by atoms with van der Waals surface area (Å²) in [6, 6.07) is 15.0. The Labute approximate surface area is 354 Å². The van der Waals surface area contributed by atoms with Crippen LogP contribution in [0.2, 0.25) is 0 Å². The Kier molecular flexibility index (Phi) is 17.6. The maximum atomic E-state index is 14.5. The molecule has 14 nitrogen and oxygen atoms in total. The van der Waals surface area contributed by atoms with Crippen molar-refractivity contribution in [3.8, 4) is 11.5 Å². The van der Waals surface area contributed by atoms with Crippen molar-refractivity contribution in [1.82, 2.24) is 9.80 Å².